The number of carbonyl (C=O) groups excluding carboxylic acids is 1. The molecule has 2 nitrogen and oxygen atoms in total. The Kier molecular flexibility index (Phi) is 1.57. The Balaban J connectivity index is 2.85. The van der Waals surface area contributed by atoms with E-state index in [1.165, 1.54) is 6.92 Å². The van der Waals surface area contributed by atoms with Gasteiger partial charge in [0, 0.05) is 14.0 Å². The monoisotopic (exact) mass is 76.1 g/mol. The minimum absolute atomic E-state index is 0.00463. The predicted octanol–water partition coefficient (Wildman–Crippen LogP) is -0.248. The zero-order chi connectivity index (χ0) is 4.28. The van der Waals surface area contributed by atoms with Gasteiger partial charge >= 0.3 is 0 Å². The summed E-state index contributed by atoms with van der Waals surface area (Å²) in [5.74, 6) is 0.00463. The fourth-order valence-electron chi connectivity index (χ4n) is 0. The van der Waals surface area contributed by atoms with Crippen LogP contribution in [0.25, 0.3) is 0 Å². The topological polar surface area (TPSA) is 29.1 Å². The second-order valence-electron chi connectivity index (χ2n) is 0.806. The molecule has 1 N–H and O–H groups in total. The van der Waals surface area contributed by atoms with Gasteiger partial charge in [-0.05, 0) is 0 Å². The van der Waals surface area contributed by atoms with E-state index in [2.05, 4.69) is 5.32 Å². The fourth-order valence-corrected chi connectivity index (χ4v) is 0. The molecule has 0 aromatic heterocycles. The molecule has 2 heteroatoms. The van der Waals surface area contributed by atoms with Gasteiger partial charge in [-0.2, -0.15) is 0 Å². The van der Waals surface area contributed by atoms with Gasteiger partial charge in [-0.1, -0.05) is 0 Å². The molecule has 1 amide bonds. The molecule has 0 saturated heterocycles. The van der Waals surface area contributed by atoms with Crippen LogP contribution in [-0.2, 0) is 4.79 Å². The van der Waals surface area contributed by atoms with Crippen molar-refractivity contribution in [3.05, 3.63) is 0 Å². The molecule has 0 aromatic carbocycles. The summed E-state index contributed by atoms with van der Waals surface area (Å²) < 4.78 is 0. The minimum atomic E-state index is 0.00463. The van der Waals surface area contributed by atoms with Gasteiger partial charge < -0.3 is 5.32 Å². The second-order valence-corrected chi connectivity index (χ2v) is 0.806. The van der Waals surface area contributed by atoms with E-state index in [9.17, 15) is 4.79 Å². The predicted molar refractivity (Wildman–Crippen MR) is 19.7 cm³/mol. The summed E-state index contributed by atoms with van der Waals surface area (Å²) in [6.45, 7) is 1.47. The molecule has 5 heavy (non-hydrogen) atoms. The summed E-state index contributed by atoms with van der Waals surface area (Å²) in [5.41, 5.74) is 0. The van der Waals surface area contributed by atoms with Crippen LogP contribution in [0.5, 0.6) is 0 Å². The lowest BCUT2D eigenvalue weighted by molar-refractivity contribution is -0.118. The quantitative estimate of drug-likeness (QED) is 0.396. The highest BCUT2D eigenvalue weighted by Gasteiger charge is 1.72. The standard InChI is InChI=1S/C3H7NO/c1-3(5)4-2/h1-2H3,(H,4,5)/i1+1,2+1,3+1. The van der Waals surface area contributed by atoms with Crippen molar-refractivity contribution in [3.8, 4) is 0 Å². The SMILES string of the molecule is [13CH3]N[13C]([13CH3])=O. The molecule has 0 radical (unpaired) electrons. The van der Waals surface area contributed by atoms with Gasteiger partial charge in [-0.15, -0.1) is 0 Å². The van der Waals surface area contributed by atoms with Crippen molar-refractivity contribution < 1.29 is 4.79 Å². The Morgan fingerprint density at radius 1 is 1.80 bits per heavy atom. The number of amides is 1. The summed E-state index contributed by atoms with van der Waals surface area (Å²) in [6, 6.07) is 0. The number of nitrogens with one attached hydrogen (secondary N) is 1. The highest BCUT2D eigenvalue weighted by Crippen LogP contribution is 1.45. The van der Waals surface area contributed by atoms with Crippen molar-refractivity contribution >= 4 is 5.91 Å². The van der Waals surface area contributed by atoms with Crippen LogP contribution in [0.15, 0.2) is 0 Å². The summed E-state index contributed by atoms with van der Waals surface area (Å²) >= 11 is 0. The highest BCUT2D eigenvalue weighted by molar-refractivity contribution is 5.72. The number of carbonyl (C=O) groups is 1. The molecular weight excluding hydrogens is 69.0 g/mol. The molecule has 0 aromatic rings. The maximum absolute atomic E-state index is 9.70. The molecule has 0 aliphatic rings. The lowest BCUT2D eigenvalue weighted by Gasteiger charge is -1.80. The van der Waals surface area contributed by atoms with Gasteiger partial charge in [0.25, 0.3) is 0 Å². The van der Waals surface area contributed by atoms with Gasteiger partial charge in [0.2, 0.25) is 5.91 Å². The van der Waals surface area contributed by atoms with Crippen molar-refractivity contribution in [2.45, 2.75) is 6.92 Å². The first-order chi connectivity index (χ1) is 2.27. The van der Waals surface area contributed by atoms with Crippen LogP contribution in [0.1, 0.15) is 6.92 Å². The largest absolute Gasteiger partial charge is 0.359 e. The Labute approximate surface area is 31.2 Å². The molecule has 0 saturated carbocycles. The van der Waals surface area contributed by atoms with Crippen molar-refractivity contribution in [3.63, 3.8) is 0 Å². The average Bonchev–Trinajstić information content (AvgIpc) is 1.38. The minimum Gasteiger partial charge on any atom is -0.359 e. The van der Waals surface area contributed by atoms with Gasteiger partial charge in [0.15, 0.2) is 0 Å². The molecule has 0 unspecified atom stereocenters. The molecule has 0 heterocycles. The van der Waals surface area contributed by atoms with E-state index in [0.717, 1.165) is 0 Å². The Hall–Kier alpha value is -0.530. The van der Waals surface area contributed by atoms with Gasteiger partial charge in [0.05, 0.1) is 0 Å². The third-order valence-corrected chi connectivity index (χ3v) is 0.352. The van der Waals surface area contributed by atoms with Crippen LogP contribution in [0.3, 0.4) is 0 Å². The van der Waals surface area contributed by atoms with Gasteiger partial charge in [-0.3, -0.25) is 4.79 Å². The molecule has 0 bridgehead atoms. The van der Waals surface area contributed by atoms with Crippen LogP contribution in [-0.4, -0.2) is 13.0 Å². The summed E-state index contributed by atoms with van der Waals surface area (Å²) in [5, 5.41) is 2.39. The highest BCUT2D eigenvalue weighted by atomic mass is 16.2. The molecule has 0 aliphatic carbocycles. The molecule has 0 fully saturated rings. The van der Waals surface area contributed by atoms with E-state index in [-0.39, 0.29) is 5.91 Å². The van der Waals surface area contributed by atoms with Gasteiger partial charge in [0.1, 0.15) is 0 Å². The van der Waals surface area contributed by atoms with Crippen LogP contribution >= 0.6 is 0 Å². The molecule has 30 valence electrons. The Morgan fingerprint density at radius 2 is 2.00 bits per heavy atom. The Bertz CT molecular complexity index is 42.2. The van der Waals surface area contributed by atoms with E-state index < -0.39 is 0 Å². The van der Waals surface area contributed by atoms with Gasteiger partial charge in [-0.25, -0.2) is 0 Å². The smallest absolute Gasteiger partial charge is 0.216 e. The molecule has 0 atom stereocenters. The lowest BCUT2D eigenvalue weighted by Crippen LogP contribution is -2.11. The second kappa shape index (κ2) is 1.76. The summed E-state index contributed by atoms with van der Waals surface area (Å²) in [4.78, 5) is 9.70. The zero-order valence-electron chi connectivity index (χ0n) is 3.41. The third kappa shape index (κ3) is 3.47. The number of hydrogen-bond donors (Lipinski definition) is 1. The number of rotatable bonds is 0. The van der Waals surface area contributed by atoms with E-state index in [4.69, 9.17) is 0 Å². The first-order valence-corrected chi connectivity index (χ1v) is 1.45. The van der Waals surface area contributed by atoms with Crippen molar-refractivity contribution in [2.24, 2.45) is 0 Å². The molecule has 0 spiro atoms. The lowest BCUT2D eigenvalue weighted by atomic mass is 11.6. The van der Waals surface area contributed by atoms with Crippen molar-refractivity contribution in [1.82, 2.24) is 5.32 Å². The van der Waals surface area contributed by atoms with E-state index in [1.54, 1.807) is 7.05 Å². The van der Waals surface area contributed by atoms with Crippen molar-refractivity contribution in [2.75, 3.05) is 7.05 Å². The average molecular weight is 76.1 g/mol. The maximum Gasteiger partial charge on any atom is 0.216 e. The third-order valence-electron chi connectivity index (χ3n) is 0.352. The first-order valence-electron chi connectivity index (χ1n) is 1.45. The summed E-state index contributed by atoms with van der Waals surface area (Å²) in [6.07, 6.45) is 0. The van der Waals surface area contributed by atoms with Crippen LogP contribution in [0.4, 0.5) is 0 Å². The normalized spacial score (nSPS) is 6.80. The number of hydrogen-bond acceptors (Lipinski definition) is 1. The fraction of sp³-hybridized carbons (Fsp3) is 0.667. The van der Waals surface area contributed by atoms with Crippen LogP contribution in [0, 0.1) is 0 Å². The first kappa shape index (κ1) is 4.47. The van der Waals surface area contributed by atoms with E-state index in [0.29, 0.717) is 0 Å². The zero-order valence-corrected chi connectivity index (χ0v) is 3.41. The molecule has 0 rings (SSSR count). The Morgan fingerprint density at radius 3 is 2.00 bits per heavy atom. The van der Waals surface area contributed by atoms with Crippen LogP contribution in [0.2, 0.25) is 0 Å². The van der Waals surface area contributed by atoms with Crippen LogP contribution < -0.4 is 5.32 Å². The summed E-state index contributed by atoms with van der Waals surface area (Å²) in [7, 11) is 1.60. The molecule has 0 aliphatic heterocycles. The van der Waals surface area contributed by atoms with E-state index in [1.807, 2.05) is 0 Å². The maximum atomic E-state index is 9.70. The van der Waals surface area contributed by atoms with E-state index >= 15 is 0 Å². The molecular formula is C3H7NO. The van der Waals surface area contributed by atoms with Crippen molar-refractivity contribution in [1.29, 1.82) is 0 Å².